The Bertz CT molecular complexity index is 837. The van der Waals surface area contributed by atoms with Crippen LogP contribution in [-0.4, -0.2) is 46.0 Å². The molecular weight excluding hydrogens is 338 g/mol. The maximum atomic E-state index is 5.57. The molecule has 132 valence electrons. The van der Waals surface area contributed by atoms with E-state index < -0.39 is 0 Å². The molecule has 3 heterocycles. The molecule has 1 fully saturated rings. The smallest absolute Gasteiger partial charge is 0.155 e. The molecule has 1 saturated heterocycles. The number of nitrogens with one attached hydrogen (secondary N) is 1. The third-order valence-corrected chi connectivity index (χ3v) is 4.61. The highest BCUT2D eigenvalue weighted by Crippen LogP contribution is 2.31. The Labute approximate surface area is 153 Å². The van der Waals surface area contributed by atoms with E-state index in [2.05, 4.69) is 36.7 Å². The van der Waals surface area contributed by atoms with E-state index in [0.717, 1.165) is 37.6 Å². The molecule has 4 rings (SSSR count). The molecule has 0 radical (unpaired) electrons. The molecule has 25 heavy (non-hydrogen) atoms. The summed E-state index contributed by atoms with van der Waals surface area (Å²) in [6.07, 6.45) is 7.50. The molecule has 3 aromatic rings. The van der Waals surface area contributed by atoms with Crippen LogP contribution in [0.2, 0.25) is 0 Å². The summed E-state index contributed by atoms with van der Waals surface area (Å²) in [6, 6.07) is 8.55. The van der Waals surface area contributed by atoms with E-state index in [9.17, 15) is 0 Å². The van der Waals surface area contributed by atoms with Crippen molar-refractivity contribution in [3.8, 4) is 5.75 Å². The Morgan fingerprint density at radius 2 is 2.16 bits per heavy atom. The first kappa shape index (κ1) is 17.7. The number of aromatic nitrogens is 3. The summed E-state index contributed by atoms with van der Waals surface area (Å²) in [7, 11) is 1.73. The van der Waals surface area contributed by atoms with Crippen molar-refractivity contribution >= 4 is 18.1 Å². The van der Waals surface area contributed by atoms with Crippen LogP contribution >= 0.6 is 12.4 Å². The van der Waals surface area contributed by atoms with E-state index in [-0.39, 0.29) is 18.4 Å². The molecule has 1 unspecified atom stereocenters. The minimum Gasteiger partial charge on any atom is -0.496 e. The van der Waals surface area contributed by atoms with Gasteiger partial charge in [0, 0.05) is 44.1 Å². The summed E-state index contributed by atoms with van der Waals surface area (Å²) in [6.45, 7) is 3.74. The van der Waals surface area contributed by atoms with Crippen molar-refractivity contribution in [1.82, 2.24) is 24.6 Å². The van der Waals surface area contributed by atoms with Crippen LogP contribution in [0.5, 0.6) is 5.75 Å². The second kappa shape index (κ2) is 7.82. The number of hydrogen-bond donors (Lipinski definition) is 1. The number of piperazine rings is 1. The summed E-state index contributed by atoms with van der Waals surface area (Å²) in [5, 5.41) is 3.50. The van der Waals surface area contributed by atoms with Gasteiger partial charge in [0.2, 0.25) is 0 Å². The van der Waals surface area contributed by atoms with Crippen LogP contribution in [0.15, 0.2) is 49.1 Å². The Balaban J connectivity index is 0.00000182. The highest BCUT2D eigenvalue weighted by atomic mass is 35.5. The number of methoxy groups -OCH3 is 1. The average molecular weight is 360 g/mol. The minimum atomic E-state index is 0. The van der Waals surface area contributed by atoms with Crippen molar-refractivity contribution in [3.05, 3.63) is 60.3 Å². The van der Waals surface area contributed by atoms with Gasteiger partial charge in [-0.05, 0) is 6.07 Å². The van der Waals surface area contributed by atoms with E-state index >= 15 is 0 Å². The van der Waals surface area contributed by atoms with Gasteiger partial charge in [0.25, 0.3) is 0 Å². The molecule has 0 saturated carbocycles. The number of hydrogen-bond acceptors (Lipinski definition) is 5. The lowest BCUT2D eigenvalue weighted by molar-refractivity contribution is 0.149. The predicted octanol–water partition coefficient (Wildman–Crippen LogP) is 2.31. The van der Waals surface area contributed by atoms with Gasteiger partial charge in [-0.25, -0.2) is 4.98 Å². The molecule has 0 bridgehead atoms. The summed E-state index contributed by atoms with van der Waals surface area (Å²) >= 11 is 0. The summed E-state index contributed by atoms with van der Waals surface area (Å²) in [5.74, 6) is 0.943. The van der Waals surface area contributed by atoms with Crippen molar-refractivity contribution in [2.24, 2.45) is 0 Å². The lowest BCUT2D eigenvalue weighted by Crippen LogP contribution is -2.45. The van der Waals surface area contributed by atoms with E-state index in [1.165, 1.54) is 11.3 Å². The molecule has 7 heteroatoms. The monoisotopic (exact) mass is 359 g/mol. The third kappa shape index (κ3) is 3.46. The standard InChI is InChI=1S/C18H21N5O.ClH/c1-24-17-5-3-2-4-15(17)16-11-19-6-8-22(16)13-14-10-21-18-12-20-7-9-23(14)18;/h2-5,7,9-10,12,16,19H,6,8,11,13H2,1H3;1H. The molecule has 1 aliphatic heterocycles. The Hall–Kier alpha value is -2.15. The number of fused-ring (bicyclic) bond motifs is 1. The van der Waals surface area contributed by atoms with Crippen LogP contribution in [-0.2, 0) is 6.54 Å². The lowest BCUT2D eigenvalue weighted by Gasteiger charge is -2.36. The van der Waals surface area contributed by atoms with E-state index in [0.29, 0.717) is 0 Å². The van der Waals surface area contributed by atoms with Crippen LogP contribution < -0.4 is 10.1 Å². The fourth-order valence-corrected chi connectivity index (χ4v) is 3.40. The van der Waals surface area contributed by atoms with Gasteiger partial charge in [0.05, 0.1) is 31.2 Å². The minimum absolute atomic E-state index is 0. The predicted molar refractivity (Wildman–Crippen MR) is 99.2 cm³/mol. The van der Waals surface area contributed by atoms with Crippen molar-refractivity contribution in [2.45, 2.75) is 12.6 Å². The van der Waals surface area contributed by atoms with Crippen molar-refractivity contribution < 1.29 is 4.74 Å². The summed E-state index contributed by atoms with van der Waals surface area (Å²) in [5.41, 5.74) is 3.29. The average Bonchev–Trinajstić information content (AvgIpc) is 3.05. The normalized spacial score (nSPS) is 18.0. The van der Waals surface area contributed by atoms with Gasteiger partial charge in [-0.3, -0.25) is 14.3 Å². The summed E-state index contributed by atoms with van der Waals surface area (Å²) < 4.78 is 7.68. The molecule has 0 spiro atoms. The molecular formula is C18H22ClN5O. The zero-order valence-corrected chi connectivity index (χ0v) is 14.9. The first-order valence-electron chi connectivity index (χ1n) is 8.20. The fraction of sp³-hybridized carbons (Fsp3) is 0.333. The molecule has 1 aliphatic rings. The number of ether oxygens (including phenoxy) is 1. The Morgan fingerprint density at radius 3 is 3.04 bits per heavy atom. The van der Waals surface area contributed by atoms with E-state index in [4.69, 9.17) is 4.74 Å². The zero-order valence-electron chi connectivity index (χ0n) is 14.1. The number of benzene rings is 1. The molecule has 6 nitrogen and oxygen atoms in total. The third-order valence-electron chi connectivity index (χ3n) is 4.61. The SMILES string of the molecule is COc1ccccc1C1CNCCN1Cc1cnc2cnccn12.Cl. The van der Waals surface area contributed by atoms with Crippen LogP contribution in [0.1, 0.15) is 17.3 Å². The van der Waals surface area contributed by atoms with Gasteiger partial charge in [-0.15, -0.1) is 12.4 Å². The molecule has 2 aromatic heterocycles. The first-order valence-corrected chi connectivity index (χ1v) is 8.20. The highest BCUT2D eigenvalue weighted by Gasteiger charge is 2.26. The van der Waals surface area contributed by atoms with Gasteiger partial charge in [-0.1, -0.05) is 18.2 Å². The first-order chi connectivity index (χ1) is 11.9. The maximum Gasteiger partial charge on any atom is 0.155 e. The van der Waals surface area contributed by atoms with Crippen molar-refractivity contribution in [1.29, 1.82) is 0 Å². The second-order valence-corrected chi connectivity index (χ2v) is 5.99. The topological polar surface area (TPSA) is 54.7 Å². The number of rotatable bonds is 4. The van der Waals surface area contributed by atoms with Gasteiger partial charge < -0.3 is 10.1 Å². The lowest BCUT2D eigenvalue weighted by atomic mass is 10.0. The van der Waals surface area contributed by atoms with Crippen LogP contribution in [0.3, 0.4) is 0 Å². The van der Waals surface area contributed by atoms with Gasteiger partial charge in [-0.2, -0.15) is 0 Å². The van der Waals surface area contributed by atoms with Gasteiger partial charge in [0.15, 0.2) is 5.65 Å². The molecule has 0 amide bonds. The number of halogens is 1. The molecule has 1 N–H and O–H groups in total. The van der Waals surface area contributed by atoms with E-state index in [1.807, 2.05) is 24.5 Å². The molecule has 1 atom stereocenters. The highest BCUT2D eigenvalue weighted by molar-refractivity contribution is 5.85. The fourth-order valence-electron chi connectivity index (χ4n) is 3.40. The zero-order chi connectivity index (χ0) is 16.4. The largest absolute Gasteiger partial charge is 0.496 e. The van der Waals surface area contributed by atoms with Gasteiger partial charge >= 0.3 is 0 Å². The number of nitrogens with zero attached hydrogens (tertiary/aromatic N) is 4. The Kier molecular flexibility index (Phi) is 5.53. The summed E-state index contributed by atoms with van der Waals surface area (Å²) in [4.78, 5) is 11.1. The van der Waals surface area contributed by atoms with Crippen LogP contribution in [0.25, 0.3) is 5.65 Å². The maximum absolute atomic E-state index is 5.57. The molecule has 0 aliphatic carbocycles. The van der Waals surface area contributed by atoms with Crippen molar-refractivity contribution in [3.63, 3.8) is 0 Å². The Morgan fingerprint density at radius 1 is 1.28 bits per heavy atom. The van der Waals surface area contributed by atoms with E-state index in [1.54, 1.807) is 19.5 Å². The quantitative estimate of drug-likeness (QED) is 0.774. The van der Waals surface area contributed by atoms with Crippen LogP contribution in [0, 0.1) is 0 Å². The number of para-hydroxylation sites is 1. The number of imidazole rings is 1. The van der Waals surface area contributed by atoms with Crippen molar-refractivity contribution in [2.75, 3.05) is 26.7 Å². The molecule has 1 aromatic carbocycles. The second-order valence-electron chi connectivity index (χ2n) is 5.99. The van der Waals surface area contributed by atoms with Gasteiger partial charge in [0.1, 0.15) is 5.75 Å². The van der Waals surface area contributed by atoms with Crippen LogP contribution in [0.4, 0.5) is 0 Å².